The van der Waals surface area contributed by atoms with Gasteiger partial charge in [0.15, 0.2) is 0 Å². The molecule has 1 heteroatoms. The minimum Gasteiger partial charge on any atom is -0.299 e. The van der Waals surface area contributed by atoms with E-state index in [2.05, 4.69) is 12.1 Å². The number of hydrogen-bond donors (Lipinski definition) is 0. The third-order valence-corrected chi connectivity index (χ3v) is 3.46. The Morgan fingerprint density at radius 3 is 2.47 bits per heavy atom. The molecule has 0 unspecified atom stereocenters. The van der Waals surface area contributed by atoms with E-state index in [1.165, 1.54) is 11.1 Å². The van der Waals surface area contributed by atoms with Gasteiger partial charge in [-0.2, -0.15) is 0 Å². The first-order valence-electron chi connectivity index (χ1n) is 5.99. The Bertz CT molecular complexity index is 542. The van der Waals surface area contributed by atoms with Gasteiger partial charge in [0.2, 0.25) is 0 Å². The molecule has 84 valence electrons. The molecule has 0 fully saturated rings. The van der Waals surface area contributed by atoms with Gasteiger partial charge in [0.25, 0.3) is 0 Å². The van der Waals surface area contributed by atoms with Gasteiger partial charge in [-0.05, 0) is 23.1 Å². The van der Waals surface area contributed by atoms with E-state index in [1.807, 2.05) is 42.5 Å². The van der Waals surface area contributed by atoms with Gasteiger partial charge in [0.05, 0.1) is 0 Å². The molecule has 0 bridgehead atoms. The number of carbonyl (C=O) groups is 1. The first kappa shape index (κ1) is 10.3. The smallest absolute Gasteiger partial charge is 0.145 e. The van der Waals surface area contributed by atoms with Crippen LogP contribution in [0.15, 0.2) is 54.6 Å². The van der Waals surface area contributed by atoms with Gasteiger partial charge in [0, 0.05) is 12.3 Å². The fourth-order valence-electron chi connectivity index (χ4n) is 2.47. The highest BCUT2D eigenvalue weighted by atomic mass is 16.1. The van der Waals surface area contributed by atoms with Crippen molar-refractivity contribution in [1.29, 1.82) is 0 Å². The second-order valence-corrected chi connectivity index (χ2v) is 4.58. The van der Waals surface area contributed by atoms with Crippen molar-refractivity contribution in [2.75, 3.05) is 0 Å². The molecule has 1 aliphatic carbocycles. The number of carbonyl (C=O) groups excluding carboxylic acids is 1. The SMILES string of the molecule is O=C(Cc1ccccc1)[C@@H]1Cc2ccccc21. The van der Waals surface area contributed by atoms with Crippen LogP contribution < -0.4 is 0 Å². The van der Waals surface area contributed by atoms with Crippen molar-refractivity contribution < 1.29 is 4.79 Å². The zero-order valence-electron chi connectivity index (χ0n) is 9.60. The van der Waals surface area contributed by atoms with E-state index >= 15 is 0 Å². The molecular formula is C16H14O. The molecule has 0 amide bonds. The highest BCUT2D eigenvalue weighted by Crippen LogP contribution is 2.35. The van der Waals surface area contributed by atoms with Gasteiger partial charge in [-0.15, -0.1) is 0 Å². The Morgan fingerprint density at radius 1 is 1.00 bits per heavy atom. The average Bonchev–Trinajstić information content (AvgIpc) is 2.32. The summed E-state index contributed by atoms with van der Waals surface area (Å²) in [5, 5.41) is 0. The normalized spacial score (nSPS) is 17.1. The summed E-state index contributed by atoms with van der Waals surface area (Å²) in [6.07, 6.45) is 1.47. The molecule has 1 nitrogen and oxygen atoms in total. The predicted octanol–water partition coefficient (Wildman–Crippen LogP) is 3.14. The van der Waals surface area contributed by atoms with Gasteiger partial charge >= 0.3 is 0 Å². The lowest BCUT2D eigenvalue weighted by Gasteiger charge is -2.28. The van der Waals surface area contributed by atoms with Gasteiger partial charge in [0.1, 0.15) is 5.78 Å². The molecular weight excluding hydrogens is 208 g/mol. The second-order valence-electron chi connectivity index (χ2n) is 4.58. The summed E-state index contributed by atoms with van der Waals surface area (Å²) in [7, 11) is 0. The van der Waals surface area contributed by atoms with Crippen molar-refractivity contribution in [2.45, 2.75) is 18.8 Å². The Hall–Kier alpha value is -1.89. The molecule has 0 heterocycles. The fraction of sp³-hybridized carbons (Fsp3) is 0.188. The standard InChI is InChI=1S/C16H14O/c17-16(10-12-6-2-1-3-7-12)15-11-13-8-4-5-9-14(13)15/h1-9,15H,10-11H2/t15-/m1/s1. The Morgan fingerprint density at radius 2 is 1.71 bits per heavy atom. The van der Waals surface area contributed by atoms with Crippen LogP contribution in [0.1, 0.15) is 22.6 Å². The maximum absolute atomic E-state index is 12.2. The molecule has 17 heavy (non-hydrogen) atoms. The number of fused-ring (bicyclic) bond motifs is 1. The predicted molar refractivity (Wildman–Crippen MR) is 68.0 cm³/mol. The average molecular weight is 222 g/mol. The lowest BCUT2D eigenvalue weighted by Crippen LogP contribution is -2.26. The van der Waals surface area contributed by atoms with Crippen molar-refractivity contribution in [3.05, 3.63) is 71.3 Å². The monoisotopic (exact) mass is 222 g/mol. The lowest BCUT2D eigenvalue weighted by molar-refractivity contribution is -0.120. The molecule has 0 aliphatic heterocycles. The highest BCUT2D eigenvalue weighted by Gasteiger charge is 2.31. The van der Waals surface area contributed by atoms with E-state index in [0.29, 0.717) is 12.2 Å². The quantitative estimate of drug-likeness (QED) is 0.779. The van der Waals surface area contributed by atoms with Crippen molar-refractivity contribution in [1.82, 2.24) is 0 Å². The number of Topliss-reactive ketones (excluding diaryl/α,β-unsaturated/α-hetero) is 1. The van der Waals surface area contributed by atoms with Gasteiger partial charge < -0.3 is 0 Å². The molecule has 0 aromatic heterocycles. The zero-order chi connectivity index (χ0) is 11.7. The molecule has 2 aromatic carbocycles. The van der Waals surface area contributed by atoms with E-state index in [4.69, 9.17) is 0 Å². The molecule has 0 saturated heterocycles. The number of rotatable bonds is 3. The molecule has 1 atom stereocenters. The maximum Gasteiger partial charge on any atom is 0.145 e. The summed E-state index contributed by atoms with van der Waals surface area (Å²) >= 11 is 0. The molecule has 0 saturated carbocycles. The third-order valence-electron chi connectivity index (χ3n) is 3.46. The minimum absolute atomic E-state index is 0.131. The van der Waals surface area contributed by atoms with Crippen LogP contribution in [0.3, 0.4) is 0 Å². The Labute approximate surface area is 101 Å². The summed E-state index contributed by atoms with van der Waals surface area (Å²) in [5.74, 6) is 0.473. The van der Waals surface area contributed by atoms with Crippen molar-refractivity contribution in [3.8, 4) is 0 Å². The largest absolute Gasteiger partial charge is 0.299 e. The lowest BCUT2D eigenvalue weighted by atomic mass is 9.74. The first-order chi connectivity index (χ1) is 8.34. The van der Waals surface area contributed by atoms with Crippen molar-refractivity contribution in [2.24, 2.45) is 0 Å². The van der Waals surface area contributed by atoms with Crippen LogP contribution in [0.4, 0.5) is 0 Å². The van der Waals surface area contributed by atoms with Crippen LogP contribution in [0.2, 0.25) is 0 Å². The molecule has 2 aromatic rings. The summed E-state index contributed by atoms with van der Waals surface area (Å²) in [6.45, 7) is 0. The van der Waals surface area contributed by atoms with Crippen molar-refractivity contribution >= 4 is 5.78 Å². The number of hydrogen-bond acceptors (Lipinski definition) is 1. The summed E-state index contributed by atoms with van der Waals surface area (Å²) in [4.78, 5) is 12.2. The van der Waals surface area contributed by atoms with E-state index in [0.717, 1.165) is 12.0 Å². The second kappa shape index (κ2) is 4.17. The third kappa shape index (κ3) is 1.89. The topological polar surface area (TPSA) is 17.1 Å². The molecule has 3 rings (SSSR count). The van der Waals surface area contributed by atoms with Crippen LogP contribution in [0, 0.1) is 0 Å². The number of ketones is 1. The Kier molecular flexibility index (Phi) is 2.52. The van der Waals surface area contributed by atoms with E-state index in [1.54, 1.807) is 0 Å². The summed E-state index contributed by atoms with van der Waals surface area (Å²) < 4.78 is 0. The van der Waals surface area contributed by atoms with Gasteiger partial charge in [-0.3, -0.25) is 4.79 Å². The maximum atomic E-state index is 12.2. The molecule has 0 N–H and O–H groups in total. The van der Waals surface area contributed by atoms with Crippen LogP contribution in [0.5, 0.6) is 0 Å². The van der Waals surface area contributed by atoms with Crippen molar-refractivity contribution in [3.63, 3.8) is 0 Å². The molecule has 1 aliphatic rings. The van der Waals surface area contributed by atoms with Crippen LogP contribution in [0.25, 0.3) is 0 Å². The van der Waals surface area contributed by atoms with E-state index in [9.17, 15) is 4.79 Å². The van der Waals surface area contributed by atoms with E-state index in [-0.39, 0.29) is 5.92 Å². The molecule has 0 spiro atoms. The van der Waals surface area contributed by atoms with Crippen LogP contribution in [-0.4, -0.2) is 5.78 Å². The number of benzene rings is 2. The summed E-state index contributed by atoms with van der Waals surface area (Å²) in [6, 6.07) is 18.2. The van der Waals surface area contributed by atoms with Crippen LogP contribution >= 0.6 is 0 Å². The van der Waals surface area contributed by atoms with Gasteiger partial charge in [-0.25, -0.2) is 0 Å². The van der Waals surface area contributed by atoms with Crippen LogP contribution in [-0.2, 0) is 17.6 Å². The first-order valence-corrected chi connectivity index (χ1v) is 5.99. The van der Waals surface area contributed by atoms with Gasteiger partial charge in [-0.1, -0.05) is 54.6 Å². The summed E-state index contributed by atoms with van der Waals surface area (Å²) in [5.41, 5.74) is 3.68. The Balaban J connectivity index is 1.74. The fourth-order valence-corrected chi connectivity index (χ4v) is 2.47. The zero-order valence-corrected chi connectivity index (χ0v) is 9.60. The minimum atomic E-state index is 0.131. The van der Waals surface area contributed by atoms with E-state index < -0.39 is 0 Å². The molecule has 0 radical (unpaired) electrons. The highest BCUT2D eigenvalue weighted by molar-refractivity contribution is 5.90.